The minimum Gasteiger partial charge on any atom is -0.465 e. The number of fused-ring (bicyclic) bond motifs is 5. The maximum atomic E-state index is 14.4. The summed E-state index contributed by atoms with van der Waals surface area (Å²) in [6.07, 6.45) is -9.80. The smallest absolute Gasteiger partial charge is 0.374 e. The highest BCUT2D eigenvalue weighted by Crippen LogP contribution is 2.70. The van der Waals surface area contributed by atoms with Crippen LogP contribution in [0, 0.1) is 11.3 Å². The second-order valence-corrected chi connectivity index (χ2v) is 16.4. The van der Waals surface area contributed by atoms with Crippen molar-refractivity contribution in [2.24, 2.45) is 11.3 Å². The molecule has 12 atom stereocenters. The average Bonchev–Trinajstić information content (AvgIpc) is 3.79. The molecule has 1 spiro atoms. The van der Waals surface area contributed by atoms with E-state index in [0.29, 0.717) is 0 Å². The van der Waals surface area contributed by atoms with Gasteiger partial charge < -0.3 is 57.3 Å². The Bertz CT molecular complexity index is 2150. The Morgan fingerprint density at radius 3 is 2.00 bits per heavy atom. The van der Waals surface area contributed by atoms with Crippen LogP contribution in [0.3, 0.4) is 0 Å². The van der Waals surface area contributed by atoms with Crippen LogP contribution in [-0.2, 0) is 77.8 Å². The second kappa shape index (κ2) is 16.4. The average molecular weight is 874 g/mol. The number of carbonyl (C=O) groups is 8. The van der Waals surface area contributed by atoms with E-state index in [9.17, 15) is 48.6 Å². The number of hydrogen-bond donors (Lipinski definition) is 2. The maximum Gasteiger partial charge on any atom is 0.374 e. The molecule has 12 unspecified atom stereocenters. The monoisotopic (exact) mass is 873 g/mol. The van der Waals surface area contributed by atoms with Crippen molar-refractivity contribution in [1.29, 1.82) is 0 Å². The minimum absolute atomic E-state index is 0.102. The number of esters is 8. The molecular formula is C41H47NO20. The lowest BCUT2D eigenvalue weighted by Crippen LogP contribution is -2.89. The van der Waals surface area contributed by atoms with Crippen molar-refractivity contribution in [3.05, 3.63) is 53.7 Å². The molecule has 2 aliphatic heterocycles. The molecule has 0 aromatic carbocycles. The fourth-order valence-electron chi connectivity index (χ4n) is 9.56. The van der Waals surface area contributed by atoms with E-state index >= 15 is 0 Å². The molecule has 2 aromatic heterocycles. The summed E-state index contributed by atoms with van der Waals surface area (Å²) in [7, 11) is 0. The van der Waals surface area contributed by atoms with Crippen molar-refractivity contribution in [2.75, 3.05) is 13.2 Å². The summed E-state index contributed by atoms with van der Waals surface area (Å²) in [6.45, 7) is 6.24. The molecule has 2 saturated carbocycles. The van der Waals surface area contributed by atoms with Crippen LogP contribution in [0.2, 0.25) is 0 Å². The Morgan fingerprint density at radius 1 is 0.806 bits per heavy atom. The molecule has 2 aliphatic carbocycles. The largest absolute Gasteiger partial charge is 0.465 e. The van der Waals surface area contributed by atoms with Crippen LogP contribution in [0.25, 0.3) is 0 Å². The van der Waals surface area contributed by atoms with E-state index in [1.807, 2.05) is 0 Å². The van der Waals surface area contributed by atoms with Gasteiger partial charge >= 0.3 is 47.8 Å². The number of aryl methyl sites for hydroxylation is 1. The molecule has 4 aliphatic rings. The van der Waals surface area contributed by atoms with Gasteiger partial charge in [-0.2, -0.15) is 0 Å². The van der Waals surface area contributed by atoms with Gasteiger partial charge in [0.1, 0.15) is 42.0 Å². The lowest BCUT2D eigenvalue weighted by molar-refractivity contribution is -0.386. The summed E-state index contributed by atoms with van der Waals surface area (Å²) in [6, 6.07) is 3.96. The van der Waals surface area contributed by atoms with Crippen LogP contribution in [0.1, 0.15) is 88.3 Å². The molecule has 1 saturated heterocycles. The first kappa shape index (κ1) is 45.6. The van der Waals surface area contributed by atoms with Gasteiger partial charge in [-0.15, -0.1) is 0 Å². The van der Waals surface area contributed by atoms with Crippen LogP contribution >= 0.6 is 0 Å². The van der Waals surface area contributed by atoms with Gasteiger partial charge in [0.25, 0.3) is 0 Å². The van der Waals surface area contributed by atoms with Crippen LogP contribution in [0.4, 0.5) is 0 Å². The summed E-state index contributed by atoms with van der Waals surface area (Å²) in [4.78, 5) is 113. The summed E-state index contributed by atoms with van der Waals surface area (Å²) >= 11 is 0. The van der Waals surface area contributed by atoms with Gasteiger partial charge in [0.2, 0.25) is 5.76 Å². The van der Waals surface area contributed by atoms with E-state index in [2.05, 4.69) is 4.98 Å². The van der Waals surface area contributed by atoms with Gasteiger partial charge in [0.15, 0.2) is 35.6 Å². The van der Waals surface area contributed by atoms with Crippen molar-refractivity contribution in [3.8, 4) is 0 Å². The molecule has 4 bridgehead atoms. The molecule has 62 heavy (non-hydrogen) atoms. The van der Waals surface area contributed by atoms with E-state index in [1.165, 1.54) is 37.5 Å². The standard InChI is InChI=1S/C41H47NO20/c1-19(43)54-18-40-32(58-22(4)46)28(56-20(2)44)27-30(57-21(3)45)41(40)39(8,52)31(29(33(40)59-23(5)47)60-35(49)26-10-9-15-53-26)61-36(50)37(6,51)13-11-24-12-14-42-16-25(24)34(48)55-17-38(27,7)62-41/h9-10,12,14-16,27-33,51-52H,11,13,17-18H2,1-8H3. The quantitative estimate of drug-likeness (QED) is 0.275. The highest BCUT2D eigenvalue weighted by molar-refractivity contribution is 5.91. The van der Waals surface area contributed by atoms with Crippen molar-refractivity contribution in [2.45, 2.75) is 127 Å². The molecular weight excluding hydrogens is 826 g/mol. The normalized spacial score (nSPS) is 36.3. The minimum atomic E-state index is -3.00. The number of pyridine rings is 1. The molecule has 6 rings (SSSR count). The fourth-order valence-corrected chi connectivity index (χ4v) is 9.56. The van der Waals surface area contributed by atoms with Crippen LogP contribution in [0.15, 0.2) is 41.3 Å². The number of hydrogen-bond acceptors (Lipinski definition) is 21. The van der Waals surface area contributed by atoms with E-state index in [1.54, 1.807) is 0 Å². The summed E-state index contributed by atoms with van der Waals surface area (Å²) in [5.74, 6) is -11.2. The number of aliphatic hydroxyl groups is 2. The van der Waals surface area contributed by atoms with Gasteiger partial charge in [-0.25, -0.2) is 14.4 Å². The van der Waals surface area contributed by atoms with E-state index in [0.717, 1.165) is 54.7 Å². The third kappa shape index (κ3) is 7.54. The Labute approximate surface area is 353 Å². The number of ether oxygens (including phenoxy) is 9. The Balaban J connectivity index is 1.79. The molecule has 4 heterocycles. The zero-order chi connectivity index (χ0) is 45.7. The number of rotatable bonds is 8. The number of carbonyl (C=O) groups excluding carboxylic acids is 8. The molecule has 0 amide bonds. The number of furan rings is 1. The summed E-state index contributed by atoms with van der Waals surface area (Å²) < 4.78 is 59.8. The third-order valence-corrected chi connectivity index (χ3v) is 11.9. The van der Waals surface area contributed by atoms with Gasteiger partial charge in [0, 0.05) is 47.0 Å². The van der Waals surface area contributed by atoms with Crippen molar-refractivity contribution in [3.63, 3.8) is 0 Å². The molecule has 0 radical (unpaired) electrons. The second-order valence-electron chi connectivity index (χ2n) is 16.4. The van der Waals surface area contributed by atoms with Crippen LogP contribution < -0.4 is 0 Å². The van der Waals surface area contributed by atoms with E-state index in [4.69, 9.17) is 47.0 Å². The van der Waals surface area contributed by atoms with Gasteiger partial charge in [-0.1, -0.05) is 0 Å². The SMILES string of the molecule is CC(=O)OCC12C(OC(C)=O)C(OC(C)=O)C3C(OC(C)=O)C14OC3(C)COC(=O)c1cnccc1CCC(C)(O)C(=O)OC(C(OC(=O)c1ccco1)C2OC(C)=O)C4(C)O. The molecule has 21 nitrogen and oxygen atoms in total. The van der Waals surface area contributed by atoms with Crippen molar-refractivity contribution in [1.82, 2.24) is 4.98 Å². The van der Waals surface area contributed by atoms with Crippen molar-refractivity contribution >= 4 is 47.8 Å². The number of cyclic esters (lactones) is 1. The molecule has 2 N–H and O–H groups in total. The molecule has 3 fully saturated rings. The summed E-state index contributed by atoms with van der Waals surface area (Å²) in [5, 5.41) is 25.3. The Kier molecular flexibility index (Phi) is 12.1. The zero-order valence-corrected chi connectivity index (χ0v) is 35.0. The first-order valence-electron chi connectivity index (χ1n) is 19.5. The maximum absolute atomic E-state index is 14.4. The lowest BCUT2D eigenvalue weighted by Gasteiger charge is -2.67. The number of nitrogens with zero attached hydrogens (tertiary/aromatic N) is 1. The Morgan fingerprint density at radius 2 is 1.42 bits per heavy atom. The summed E-state index contributed by atoms with van der Waals surface area (Å²) in [5.41, 5.74) is -13.1. The van der Waals surface area contributed by atoms with Crippen molar-refractivity contribution < 1.29 is 95.6 Å². The lowest BCUT2D eigenvalue weighted by atomic mass is 9.45. The molecule has 21 heteroatoms. The van der Waals surface area contributed by atoms with E-state index in [-0.39, 0.29) is 17.5 Å². The fraction of sp³-hybridized carbons (Fsp3) is 0.585. The first-order chi connectivity index (χ1) is 28.9. The topological polar surface area (TPSA) is 286 Å². The zero-order valence-electron chi connectivity index (χ0n) is 35.0. The predicted octanol–water partition coefficient (Wildman–Crippen LogP) is 0.864. The van der Waals surface area contributed by atoms with E-state index < -0.39 is 144 Å². The van der Waals surface area contributed by atoms with Gasteiger partial charge in [0.05, 0.1) is 17.7 Å². The highest BCUT2D eigenvalue weighted by atomic mass is 16.7. The van der Waals surface area contributed by atoms with Crippen LogP contribution in [-0.4, -0.2) is 135 Å². The first-order valence-corrected chi connectivity index (χ1v) is 19.5. The molecule has 2 aromatic rings. The van der Waals surface area contributed by atoms with Gasteiger partial charge in [-0.3, -0.25) is 29.0 Å². The van der Waals surface area contributed by atoms with Gasteiger partial charge in [-0.05, 0) is 57.4 Å². The van der Waals surface area contributed by atoms with Crippen LogP contribution in [0.5, 0.6) is 0 Å². The predicted molar refractivity (Wildman–Crippen MR) is 199 cm³/mol. The third-order valence-electron chi connectivity index (χ3n) is 11.9. The highest BCUT2D eigenvalue weighted by Gasteiger charge is 2.92. The molecule has 336 valence electrons. The Hall–Kier alpha value is -5.93. The number of aromatic nitrogens is 1.